The summed E-state index contributed by atoms with van der Waals surface area (Å²) in [7, 11) is 0. The number of anilines is 1. The summed E-state index contributed by atoms with van der Waals surface area (Å²) in [5.41, 5.74) is 4.78. The summed E-state index contributed by atoms with van der Waals surface area (Å²) < 4.78 is 0. The number of rotatable bonds is 4. The Balaban J connectivity index is 1.77. The first kappa shape index (κ1) is 16.9. The lowest BCUT2D eigenvalue weighted by Gasteiger charge is -2.32. The SMILES string of the molecule is Cc1cc(C)cc(NC(=S)N(Cc2cccnc2)C2CCCC2)c1. The highest BCUT2D eigenvalue weighted by atomic mass is 32.1. The molecular formula is C20H25N3S. The fraction of sp³-hybridized carbons (Fsp3) is 0.400. The highest BCUT2D eigenvalue weighted by Crippen LogP contribution is 2.26. The van der Waals surface area contributed by atoms with Gasteiger partial charge in [-0.2, -0.15) is 0 Å². The zero-order valence-electron chi connectivity index (χ0n) is 14.5. The lowest BCUT2D eigenvalue weighted by atomic mass is 10.1. The molecule has 2 aromatic rings. The number of nitrogens with one attached hydrogen (secondary N) is 1. The smallest absolute Gasteiger partial charge is 0.173 e. The summed E-state index contributed by atoms with van der Waals surface area (Å²) in [6.07, 6.45) is 8.77. The van der Waals surface area contributed by atoms with Crippen LogP contribution in [-0.2, 0) is 6.54 Å². The molecule has 1 aliphatic rings. The predicted octanol–water partition coefficient (Wildman–Crippen LogP) is 4.84. The van der Waals surface area contributed by atoms with Crippen LogP contribution in [0.25, 0.3) is 0 Å². The van der Waals surface area contributed by atoms with Crippen molar-refractivity contribution in [2.24, 2.45) is 0 Å². The fourth-order valence-electron chi connectivity index (χ4n) is 3.51. The molecule has 0 radical (unpaired) electrons. The highest BCUT2D eigenvalue weighted by molar-refractivity contribution is 7.80. The monoisotopic (exact) mass is 339 g/mol. The number of hydrogen-bond acceptors (Lipinski definition) is 2. The molecule has 1 fully saturated rings. The van der Waals surface area contributed by atoms with Crippen LogP contribution in [0.15, 0.2) is 42.7 Å². The number of benzene rings is 1. The Morgan fingerprint density at radius 2 is 1.92 bits per heavy atom. The number of thiocarbonyl (C=S) groups is 1. The molecule has 0 spiro atoms. The van der Waals surface area contributed by atoms with Gasteiger partial charge in [-0.05, 0) is 73.8 Å². The van der Waals surface area contributed by atoms with E-state index >= 15 is 0 Å². The first-order valence-electron chi connectivity index (χ1n) is 8.66. The molecule has 0 saturated heterocycles. The van der Waals surface area contributed by atoms with Crippen LogP contribution in [-0.4, -0.2) is 21.0 Å². The van der Waals surface area contributed by atoms with Crippen molar-refractivity contribution in [3.05, 3.63) is 59.4 Å². The Bertz CT molecular complexity index is 673. The number of hydrogen-bond donors (Lipinski definition) is 1. The molecule has 126 valence electrons. The zero-order valence-corrected chi connectivity index (χ0v) is 15.3. The third-order valence-corrected chi connectivity index (χ3v) is 4.91. The normalized spacial score (nSPS) is 14.6. The third-order valence-electron chi connectivity index (χ3n) is 4.57. The van der Waals surface area contributed by atoms with Crippen molar-refractivity contribution in [2.75, 3.05) is 5.32 Å². The van der Waals surface area contributed by atoms with Crippen LogP contribution in [0.4, 0.5) is 5.69 Å². The van der Waals surface area contributed by atoms with E-state index in [1.165, 1.54) is 42.4 Å². The first-order chi connectivity index (χ1) is 11.6. The average Bonchev–Trinajstić information content (AvgIpc) is 3.06. The predicted molar refractivity (Wildman–Crippen MR) is 104 cm³/mol. The Hall–Kier alpha value is -1.94. The molecule has 24 heavy (non-hydrogen) atoms. The summed E-state index contributed by atoms with van der Waals surface area (Å²) >= 11 is 5.77. The van der Waals surface area contributed by atoms with E-state index in [1.54, 1.807) is 0 Å². The first-order valence-corrected chi connectivity index (χ1v) is 9.07. The maximum atomic E-state index is 5.77. The van der Waals surface area contributed by atoms with E-state index in [0.29, 0.717) is 6.04 Å². The molecule has 1 aromatic carbocycles. The quantitative estimate of drug-likeness (QED) is 0.807. The molecule has 1 aromatic heterocycles. The molecule has 4 heteroatoms. The van der Waals surface area contributed by atoms with E-state index in [1.807, 2.05) is 18.5 Å². The van der Waals surface area contributed by atoms with Gasteiger partial charge in [-0.1, -0.05) is 25.0 Å². The summed E-state index contributed by atoms with van der Waals surface area (Å²) in [6, 6.07) is 11.1. The molecule has 1 saturated carbocycles. The second-order valence-corrected chi connectivity index (χ2v) is 7.12. The van der Waals surface area contributed by atoms with Gasteiger partial charge in [-0.15, -0.1) is 0 Å². The largest absolute Gasteiger partial charge is 0.342 e. The number of aryl methyl sites for hydroxylation is 2. The van der Waals surface area contributed by atoms with Gasteiger partial charge in [0, 0.05) is 30.7 Å². The molecule has 0 bridgehead atoms. The highest BCUT2D eigenvalue weighted by Gasteiger charge is 2.25. The number of nitrogens with zero attached hydrogens (tertiary/aromatic N) is 2. The van der Waals surface area contributed by atoms with Crippen molar-refractivity contribution in [3.8, 4) is 0 Å². The second-order valence-electron chi connectivity index (χ2n) is 6.73. The molecule has 1 heterocycles. The summed E-state index contributed by atoms with van der Waals surface area (Å²) in [5.74, 6) is 0. The van der Waals surface area contributed by atoms with Gasteiger partial charge in [0.25, 0.3) is 0 Å². The average molecular weight is 340 g/mol. The van der Waals surface area contributed by atoms with E-state index < -0.39 is 0 Å². The molecule has 0 amide bonds. The molecule has 3 nitrogen and oxygen atoms in total. The van der Waals surface area contributed by atoms with Crippen molar-refractivity contribution in [3.63, 3.8) is 0 Å². The summed E-state index contributed by atoms with van der Waals surface area (Å²) in [6.45, 7) is 5.05. The van der Waals surface area contributed by atoms with Gasteiger partial charge in [0.1, 0.15) is 0 Å². The van der Waals surface area contributed by atoms with Crippen molar-refractivity contribution < 1.29 is 0 Å². The van der Waals surface area contributed by atoms with Gasteiger partial charge >= 0.3 is 0 Å². The maximum absolute atomic E-state index is 5.77. The Kier molecular flexibility index (Phi) is 5.46. The van der Waals surface area contributed by atoms with Gasteiger partial charge in [0.05, 0.1) is 0 Å². The van der Waals surface area contributed by atoms with Crippen LogP contribution < -0.4 is 5.32 Å². The number of pyridine rings is 1. The molecule has 1 N–H and O–H groups in total. The summed E-state index contributed by atoms with van der Waals surface area (Å²) in [4.78, 5) is 6.58. The second kappa shape index (κ2) is 7.75. The van der Waals surface area contributed by atoms with Gasteiger partial charge < -0.3 is 10.2 Å². The fourth-order valence-corrected chi connectivity index (χ4v) is 3.84. The van der Waals surface area contributed by atoms with Crippen LogP contribution in [0.1, 0.15) is 42.4 Å². The zero-order chi connectivity index (χ0) is 16.9. The van der Waals surface area contributed by atoms with Crippen molar-refractivity contribution in [1.82, 2.24) is 9.88 Å². The lowest BCUT2D eigenvalue weighted by Crippen LogP contribution is -2.41. The van der Waals surface area contributed by atoms with Gasteiger partial charge in [-0.25, -0.2) is 0 Å². The third kappa shape index (κ3) is 4.32. The Labute approximate surface area is 150 Å². The van der Waals surface area contributed by atoms with Crippen LogP contribution >= 0.6 is 12.2 Å². The van der Waals surface area contributed by atoms with Gasteiger partial charge in [-0.3, -0.25) is 4.98 Å². The van der Waals surface area contributed by atoms with E-state index in [0.717, 1.165) is 17.3 Å². The van der Waals surface area contributed by atoms with Gasteiger partial charge in [0.15, 0.2) is 5.11 Å². The number of aromatic nitrogens is 1. The van der Waals surface area contributed by atoms with Crippen molar-refractivity contribution in [2.45, 2.75) is 52.1 Å². The van der Waals surface area contributed by atoms with Crippen LogP contribution in [0, 0.1) is 13.8 Å². The maximum Gasteiger partial charge on any atom is 0.173 e. The van der Waals surface area contributed by atoms with Crippen molar-refractivity contribution >= 4 is 23.0 Å². The molecule has 3 rings (SSSR count). The molecule has 0 unspecified atom stereocenters. The summed E-state index contributed by atoms with van der Waals surface area (Å²) in [5, 5.41) is 4.27. The topological polar surface area (TPSA) is 28.2 Å². The molecular weight excluding hydrogens is 314 g/mol. The van der Waals surface area contributed by atoms with E-state index in [4.69, 9.17) is 12.2 Å². The van der Waals surface area contributed by atoms with E-state index in [-0.39, 0.29) is 0 Å². The van der Waals surface area contributed by atoms with Crippen LogP contribution in [0.3, 0.4) is 0 Å². The van der Waals surface area contributed by atoms with E-state index in [2.05, 4.69) is 53.3 Å². The van der Waals surface area contributed by atoms with E-state index in [9.17, 15) is 0 Å². The lowest BCUT2D eigenvalue weighted by molar-refractivity contribution is 0.312. The Morgan fingerprint density at radius 3 is 2.54 bits per heavy atom. The standard InChI is InChI=1S/C20H25N3S/c1-15-10-16(2)12-18(11-15)22-20(24)23(19-7-3-4-8-19)14-17-6-5-9-21-13-17/h5-6,9-13,19H,3-4,7-8,14H2,1-2H3,(H,22,24). The molecule has 0 atom stereocenters. The van der Waals surface area contributed by atoms with Crippen LogP contribution in [0.2, 0.25) is 0 Å². The Morgan fingerprint density at radius 1 is 1.21 bits per heavy atom. The van der Waals surface area contributed by atoms with Gasteiger partial charge in [0.2, 0.25) is 0 Å². The van der Waals surface area contributed by atoms with Crippen molar-refractivity contribution in [1.29, 1.82) is 0 Å². The minimum atomic E-state index is 0.524. The molecule has 1 aliphatic carbocycles. The minimum absolute atomic E-state index is 0.524. The van der Waals surface area contributed by atoms with Crippen LogP contribution in [0.5, 0.6) is 0 Å². The minimum Gasteiger partial charge on any atom is -0.342 e. The molecule has 0 aliphatic heterocycles.